The average molecular weight is 234 g/mol. The molecular formula is C15H22O2. The zero-order chi connectivity index (χ0) is 12.7. The number of rotatable bonds is 7. The Balaban J connectivity index is 2.56. The van der Waals surface area contributed by atoms with Gasteiger partial charge >= 0.3 is 0 Å². The zero-order valence-corrected chi connectivity index (χ0v) is 11.1. The first kappa shape index (κ1) is 13.8. The summed E-state index contributed by atoms with van der Waals surface area (Å²) in [5.74, 6) is 0.794. The van der Waals surface area contributed by atoms with Crippen molar-refractivity contribution in [2.45, 2.75) is 46.5 Å². The highest BCUT2D eigenvalue weighted by Gasteiger charge is 2.08. The Morgan fingerprint density at radius 2 is 2.00 bits per heavy atom. The molecule has 2 heteroatoms. The fraction of sp³-hybridized carbons (Fsp3) is 0.533. The Hall–Kier alpha value is -1.31. The van der Waals surface area contributed by atoms with Crippen molar-refractivity contribution >= 4 is 5.78 Å². The number of hydrogen-bond donors (Lipinski definition) is 0. The van der Waals surface area contributed by atoms with E-state index in [4.69, 9.17) is 4.74 Å². The van der Waals surface area contributed by atoms with Crippen LogP contribution in [0.2, 0.25) is 0 Å². The van der Waals surface area contributed by atoms with E-state index in [1.54, 1.807) is 6.92 Å². The molecule has 0 spiro atoms. The van der Waals surface area contributed by atoms with Crippen LogP contribution in [0.1, 0.15) is 55.5 Å². The molecule has 0 aliphatic rings. The number of aryl methyl sites for hydroxylation is 1. The first-order valence-corrected chi connectivity index (χ1v) is 6.39. The molecule has 0 aliphatic heterocycles. The second kappa shape index (κ2) is 7.10. The number of benzene rings is 1. The summed E-state index contributed by atoms with van der Waals surface area (Å²) >= 11 is 0. The molecule has 1 aromatic carbocycles. The molecule has 0 radical (unpaired) electrons. The van der Waals surface area contributed by atoms with Crippen molar-refractivity contribution in [1.82, 2.24) is 0 Å². The van der Waals surface area contributed by atoms with E-state index < -0.39 is 0 Å². The quantitative estimate of drug-likeness (QED) is 0.523. The van der Waals surface area contributed by atoms with Crippen LogP contribution in [0.15, 0.2) is 18.2 Å². The van der Waals surface area contributed by atoms with E-state index in [0.717, 1.165) is 17.7 Å². The lowest BCUT2D eigenvalue weighted by Crippen LogP contribution is -2.03. The standard InChI is InChI=1S/C15H22O2/c1-4-5-6-7-10-17-15-11-12(2)8-9-14(15)13(3)16/h8-9,11H,4-7,10H2,1-3H3. The van der Waals surface area contributed by atoms with Crippen LogP contribution in [0.5, 0.6) is 5.75 Å². The summed E-state index contributed by atoms with van der Waals surface area (Å²) in [4.78, 5) is 11.4. The van der Waals surface area contributed by atoms with Gasteiger partial charge in [0.2, 0.25) is 0 Å². The monoisotopic (exact) mass is 234 g/mol. The lowest BCUT2D eigenvalue weighted by atomic mass is 10.1. The van der Waals surface area contributed by atoms with Gasteiger partial charge in [-0.1, -0.05) is 32.3 Å². The predicted molar refractivity (Wildman–Crippen MR) is 70.8 cm³/mol. The van der Waals surface area contributed by atoms with E-state index in [1.165, 1.54) is 19.3 Å². The Bertz CT molecular complexity index is 369. The van der Waals surface area contributed by atoms with E-state index in [0.29, 0.717) is 12.2 Å². The van der Waals surface area contributed by atoms with Crippen molar-refractivity contribution in [2.75, 3.05) is 6.61 Å². The number of carbonyl (C=O) groups is 1. The molecule has 1 rings (SSSR count). The number of Topliss-reactive ketones (excluding diaryl/α,β-unsaturated/α-hetero) is 1. The lowest BCUT2D eigenvalue weighted by Gasteiger charge is -2.10. The Morgan fingerprint density at radius 1 is 1.24 bits per heavy atom. The average Bonchev–Trinajstić information content (AvgIpc) is 2.28. The van der Waals surface area contributed by atoms with Gasteiger partial charge in [-0.15, -0.1) is 0 Å². The normalized spacial score (nSPS) is 10.3. The van der Waals surface area contributed by atoms with Crippen molar-refractivity contribution < 1.29 is 9.53 Å². The third-order valence-electron chi connectivity index (χ3n) is 2.77. The number of ketones is 1. The molecule has 0 N–H and O–H groups in total. The molecule has 0 heterocycles. The molecule has 0 bridgehead atoms. The molecule has 0 amide bonds. The van der Waals surface area contributed by atoms with Gasteiger partial charge in [-0.05, 0) is 38.0 Å². The topological polar surface area (TPSA) is 26.3 Å². The molecule has 1 aromatic rings. The summed E-state index contributed by atoms with van der Waals surface area (Å²) in [5, 5.41) is 0. The first-order chi connectivity index (χ1) is 8.15. The van der Waals surface area contributed by atoms with E-state index in [2.05, 4.69) is 6.92 Å². The second-order valence-corrected chi connectivity index (χ2v) is 4.46. The van der Waals surface area contributed by atoms with Crippen LogP contribution in [0.3, 0.4) is 0 Å². The fourth-order valence-electron chi connectivity index (χ4n) is 1.75. The minimum Gasteiger partial charge on any atom is -0.493 e. The summed E-state index contributed by atoms with van der Waals surface area (Å²) in [6.07, 6.45) is 4.72. The van der Waals surface area contributed by atoms with Gasteiger partial charge in [0.15, 0.2) is 5.78 Å². The third kappa shape index (κ3) is 4.59. The van der Waals surface area contributed by atoms with Gasteiger partial charge < -0.3 is 4.74 Å². The molecule has 94 valence electrons. The van der Waals surface area contributed by atoms with Crippen molar-refractivity contribution in [3.05, 3.63) is 29.3 Å². The number of ether oxygens (including phenoxy) is 1. The molecule has 0 fully saturated rings. The summed E-state index contributed by atoms with van der Waals surface area (Å²) in [7, 11) is 0. The summed E-state index contributed by atoms with van der Waals surface area (Å²) in [5.41, 5.74) is 1.81. The van der Waals surface area contributed by atoms with Crippen LogP contribution >= 0.6 is 0 Å². The lowest BCUT2D eigenvalue weighted by molar-refractivity contribution is 0.101. The molecule has 2 nitrogen and oxygen atoms in total. The van der Waals surface area contributed by atoms with Gasteiger partial charge in [0, 0.05) is 0 Å². The minimum absolute atomic E-state index is 0.0635. The highest BCUT2D eigenvalue weighted by molar-refractivity contribution is 5.96. The Labute approximate surface area is 104 Å². The minimum atomic E-state index is 0.0635. The maximum atomic E-state index is 11.4. The van der Waals surface area contributed by atoms with Crippen molar-refractivity contribution in [3.8, 4) is 5.75 Å². The van der Waals surface area contributed by atoms with Gasteiger partial charge in [-0.2, -0.15) is 0 Å². The molecule has 17 heavy (non-hydrogen) atoms. The molecular weight excluding hydrogens is 212 g/mol. The van der Waals surface area contributed by atoms with Gasteiger partial charge in [0.25, 0.3) is 0 Å². The highest BCUT2D eigenvalue weighted by atomic mass is 16.5. The Morgan fingerprint density at radius 3 is 2.65 bits per heavy atom. The molecule has 0 aromatic heterocycles. The van der Waals surface area contributed by atoms with Gasteiger partial charge in [-0.25, -0.2) is 0 Å². The second-order valence-electron chi connectivity index (χ2n) is 4.46. The summed E-state index contributed by atoms with van der Waals surface area (Å²) in [6, 6.07) is 5.73. The first-order valence-electron chi connectivity index (χ1n) is 6.39. The van der Waals surface area contributed by atoms with Crippen LogP contribution in [-0.4, -0.2) is 12.4 Å². The number of hydrogen-bond acceptors (Lipinski definition) is 2. The smallest absolute Gasteiger partial charge is 0.163 e. The van der Waals surface area contributed by atoms with Crippen LogP contribution in [0.4, 0.5) is 0 Å². The zero-order valence-electron chi connectivity index (χ0n) is 11.1. The van der Waals surface area contributed by atoms with Crippen LogP contribution < -0.4 is 4.74 Å². The fourth-order valence-corrected chi connectivity index (χ4v) is 1.75. The van der Waals surface area contributed by atoms with Crippen LogP contribution in [-0.2, 0) is 0 Å². The SMILES string of the molecule is CCCCCCOc1cc(C)ccc1C(C)=O. The molecule has 0 aliphatic carbocycles. The Kier molecular flexibility index (Phi) is 5.75. The van der Waals surface area contributed by atoms with Crippen LogP contribution in [0, 0.1) is 6.92 Å². The van der Waals surface area contributed by atoms with E-state index in [9.17, 15) is 4.79 Å². The maximum absolute atomic E-state index is 11.4. The largest absolute Gasteiger partial charge is 0.493 e. The van der Waals surface area contributed by atoms with Gasteiger partial charge in [0.1, 0.15) is 5.75 Å². The van der Waals surface area contributed by atoms with E-state index >= 15 is 0 Å². The van der Waals surface area contributed by atoms with Gasteiger partial charge in [0.05, 0.1) is 12.2 Å². The molecule has 0 atom stereocenters. The molecule has 0 unspecified atom stereocenters. The maximum Gasteiger partial charge on any atom is 0.163 e. The predicted octanol–water partition coefficient (Wildman–Crippen LogP) is 4.16. The molecule has 0 saturated heterocycles. The van der Waals surface area contributed by atoms with E-state index in [1.807, 2.05) is 25.1 Å². The summed E-state index contributed by atoms with van der Waals surface area (Å²) < 4.78 is 5.71. The number of unbranched alkanes of at least 4 members (excludes halogenated alkanes) is 3. The van der Waals surface area contributed by atoms with Gasteiger partial charge in [-0.3, -0.25) is 4.79 Å². The van der Waals surface area contributed by atoms with Crippen molar-refractivity contribution in [3.63, 3.8) is 0 Å². The van der Waals surface area contributed by atoms with E-state index in [-0.39, 0.29) is 5.78 Å². The third-order valence-corrected chi connectivity index (χ3v) is 2.77. The molecule has 0 saturated carbocycles. The highest BCUT2D eigenvalue weighted by Crippen LogP contribution is 2.21. The van der Waals surface area contributed by atoms with Crippen molar-refractivity contribution in [1.29, 1.82) is 0 Å². The summed E-state index contributed by atoms with van der Waals surface area (Å²) in [6.45, 7) is 6.47. The van der Waals surface area contributed by atoms with Crippen LogP contribution in [0.25, 0.3) is 0 Å². The van der Waals surface area contributed by atoms with Crippen molar-refractivity contribution in [2.24, 2.45) is 0 Å². The number of carbonyl (C=O) groups excluding carboxylic acids is 1.